The Morgan fingerprint density at radius 1 is 0.968 bits per heavy atom. The topological polar surface area (TPSA) is 88.1 Å². The van der Waals surface area contributed by atoms with E-state index >= 15 is 0 Å². The predicted octanol–water partition coefficient (Wildman–Crippen LogP) is 3.93. The maximum Gasteiger partial charge on any atom is 0.319 e. The van der Waals surface area contributed by atoms with Crippen LogP contribution in [0.15, 0.2) is 67.0 Å². The molecule has 4 rings (SSSR count). The molecule has 0 saturated heterocycles. The zero-order valence-corrected chi connectivity index (χ0v) is 17.4. The molecule has 31 heavy (non-hydrogen) atoms. The Labute approximate surface area is 181 Å². The van der Waals surface area contributed by atoms with Gasteiger partial charge in [-0.15, -0.1) is 0 Å². The number of urea groups is 1. The highest BCUT2D eigenvalue weighted by Gasteiger charge is 2.17. The Bertz CT molecular complexity index is 1010. The molecule has 3 aromatic rings. The van der Waals surface area contributed by atoms with Crippen molar-refractivity contribution in [2.24, 2.45) is 0 Å². The van der Waals surface area contributed by atoms with E-state index in [0.717, 1.165) is 24.0 Å². The number of hydrogen-bond acceptors (Lipinski definition) is 3. The normalized spacial score (nSPS) is 13.7. The highest BCUT2D eigenvalue weighted by Crippen LogP contribution is 2.18. The number of nitrogens with zero attached hydrogens (tertiary/aromatic N) is 2. The Morgan fingerprint density at radius 2 is 1.71 bits per heavy atom. The number of carbonyl (C=O) groups is 2. The number of amides is 3. The molecule has 0 radical (unpaired) electrons. The molecule has 0 unspecified atom stereocenters. The van der Waals surface area contributed by atoms with E-state index in [-0.39, 0.29) is 18.0 Å². The van der Waals surface area contributed by atoms with Crippen LogP contribution >= 0.6 is 0 Å². The number of aromatic nitrogens is 2. The van der Waals surface area contributed by atoms with Crippen LogP contribution in [0.4, 0.5) is 10.5 Å². The minimum atomic E-state index is -0.294. The van der Waals surface area contributed by atoms with E-state index < -0.39 is 0 Å². The molecule has 0 spiro atoms. The molecule has 1 aromatic heterocycles. The zero-order valence-electron chi connectivity index (χ0n) is 17.4. The van der Waals surface area contributed by atoms with E-state index in [9.17, 15) is 9.59 Å². The van der Waals surface area contributed by atoms with Gasteiger partial charge in [-0.05, 0) is 54.3 Å². The first-order valence-electron chi connectivity index (χ1n) is 10.7. The summed E-state index contributed by atoms with van der Waals surface area (Å²) in [5.74, 6) is -0.0586. The summed E-state index contributed by atoms with van der Waals surface area (Å²) < 4.78 is 1.85. The quantitative estimate of drug-likeness (QED) is 0.544. The van der Waals surface area contributed by atoms with Crippen LogP contribution in [0.25, 0.3) is 0 Å². The molecular weight excluding hydrogens is 390 g/mol. The minimum Gasteiger partial charge on any atom is -0.349 e. The summed E-state index contributed by atoms with van der Waals surface area (Å²) in [6.45, 7) is 1.06. The summed E-state index contributed by atoms with van der Waals surface area (Å²) in [6, 6.07) is 16.8. The van der Waals surface area contributed by atoms with Gasteiger partial charge in [0.25, 0.3) is 5.91 Å². The molecular formula is C24H27N5O2. The van der Waals surface area contributed by atoms with E-state index in [1.807, 2.05) is 41.2 Å². The predicted molar refractivity (Wildman–Crippen MR) is 120 cm³/mol. The molecule has 7 heteroatoms. The molecule has 1 aliphatic carbocycles. The van der Waals surface area contributed by atoms with Crippen molar-refractivity contribution in [3.63, 3.8) is 0 Å². The fourth-order valence-electron chi connectivity index (χ4n) is 3.85. The maximum absolute atomic E-state index is 12.3. The van der Waals surface area contributed by atoms with Crippen LogP contribution in [0, 0.1) is 0 Å². The first-order chi connectivity index (χ1) is 15.2. The molecule has 0 atom stereocenters. The first-order valence-corrected chi connectivity index (χ1v) is 10.7. The molecule has 3 amide bonds. The third-order valence-corrected chi connectivity index (χ3v) is 5.54. The Kier molecular flexibility index (Phi) is 6.62. The van der Waals surface area contributed by atoms with Gasteiger partial charge in [-0.2, -0.15) is 5.10 Å². The van der Waals surface area contributed by atoms with Gasteiger partial charge in [-0.1, -0.05) is 37.1 Å². The highest BCUT2D eigenvalue weighted by molar-refractivity contribution is 5.95. The maximum atomic E-state index is 12.3. The third-order valence-electron chi connectivity index (χ3n) is 5.54. The average molecular weight is 418 g/mol. The largest absolute Gasteiger partial charge is 0.349 e. The molecule has 160 valence electrons. The number of anilines is 1. The second-order valence-corrected chi connectivity index (χ2v) is 7.81. The van der Waals surface area contributed by atoms with Gasteiger partial charge in [-0.25, -0.2) is 4.79 Å². The van der Waals surface area contributed by atoms with Gasteiger partial charge in [0.15, 0.2) is 0 Å². The Morgan fingerprint density at radius 3 is 2.42 bits per heavy atom. The lowest BCUT2D eigenvalue weighted by atomic mass is 10.1. The van der Waals surface area contributed by atoms with Gasteiger partial charge in [0.2, 0.25) is 0 Å². The van der Waals surface area contributed by atoms with Crippen molar-refractivity contribution < 1.29 is 9.59 Å². The Hall–Kier alpha value is -3.61. The molecule has 1 fully saturated rings. The fraction of sp³-hybridized carbons (Fsp3) is 0.292. The Balaban J connectivity index is 1.29. The molecule has 3 N–H and O–H groups in total. The standard InChI is InChI=1S/C24H27N5O2/c30-23(27-21-8-3-4-9-21)18-10-12-22(13-11-18)28-24(31)25-16-19-6-1-2-7-20(19)17-29-15-5-14-26-29/h1-2,5-7,10-15,21H,3-4,8-9,16-17H2,(H,27,30)(H2,25,28,31). The molecule has 0 aliphatic heterocycles. The number of nitrogens with one attached hydrogen (secondary N) is 3. The van der Waals surface area contributed by atoms with E-state index in [2.05, 4.69) is 21.0 Å². The molecule has 0 bridgehead atoms. The van der Waals surface area contributed by atoms with Gasteiger partial charge in [0.05, 0.1) is 6.54 Å². The lowest BCUT2D eigenvalue weighted by Crippen LogP contribution is -2.32. The first kappa shape index (κ1) is 20.7. The van der Waals surface area contributed by atoms with E-state index in [1.165, 1.54) is 12.8 Å². The summed E-state index contributed by atoms with van der Waals surface area (Å²) in [5, 5.41) is 13.0. The molecule has 1 heterocycles. The SMILES string of the molecule is O=C(NCc1ccccc1Cn1cccn1)Nc1ccc(C(=O)NC2CCCC2)cc1. The van der Waals surface area contributed by atoms with Crippen molar-refractivity contribution in [3.05, 3.63) is 83.7 Å². The van der Waals surface area contributed by atoms with Gasteiger partial charge in [0.1, 0.15) is 0 Å². The summed E-state index contributed by atoms with van der Waals surface area (Å²) in [4.78, 5) is 24.7. The van der Waals surface area contributed by atoms with Gasteiger partial charge in [0, 0.05) is 36.2 Å². The van der Waals surface area contributed by atoms with Gasteiger partial charge >= 0.3 is 6.03 Å². The van der Waals surface area contributed by atoms with Crippen molar-refractivity contribution in [3.8, 4) is 0 Å². The van der Waals surface area contributed by atoms with E-state index in [1.54, 1.807) is 30.5 Å². The van der Waals surface area contributed by atoms with Crippen LogP contribution in [-0.2, 0) is 13.1 Å². The minimum absolute atomic E-state index is 0.0586. The van der Waals surface area contributed by atoms with Crippen molar-refractivity contribution >= 4 is 17.6 Å². The lowest BCUT2D eigenvalue weighted by molar-refractivity contribution is 0.0938. The van der Waals surface area contributed by atoms with Crippen molar-refractivity contribution in [1.82, 2.24) is 20.4 Å². The summed E-state index contributed by atoms with van der Waals surface area (Å²) in [6.07, 6.45) is 8.12. The average Bonchev–Trinajstić information content (AvgIpc) is 3.48. The number of benzene rings is 2. The lowest BCUT2D eigenvalue weighted by Gasteiger charge is -2.13. The van der Waals surface area contributed by atoms with Gasteiger partial charge in [-0.3, -0.25) is 9.48 Å². The van der Waals surface area contributed by atoms with Crippen molar-refractivity contribution in [1.29, 1.82) is 0 Å². The number of hydrogen-bond donors (Lipinski definition) is 3. The third kappa shape index (κ3) is 5.72. The van der Waals surface area contributed by atoms with Crippen molar-refractivity contribution in [2.45, 2.75) is 44.8 Å². The van der Waals surface area contributed by atoms with Crippen LogP contribution in [-0.4, -0.2) is 27.8 Å². The fourth-order valence-corrected chi connectivity index (χ4v) is 3.85. The van der Waals surface area contributed by atoms with E-state index in [4.69, 9.17) is 0 Å². The highest BCUT2D eigenvalue weighted by atomic mass is 16.2. The molecule has 7 nitrogen and oxygen atoms in total. The summed E-state index contributed by atoms with van der Waals surface area (Å²) >= 11 is 0. The molecule has 1 aliphatic rings. The second-order valence-electron chi connectivity index (χ2n) is 7.81. The van der Waals surface area contributed by atoms with Crippen molar-refractivity contribution in [2.75, 3.05) is 5.32 Å². The second kappa shape index (κ2) is 9.93. The molecule has 2 aromatic carbocycles. The molecule has 1 saturated carbocycles. The van der Waals surface area contributed by atoms with Crippen LogP contribution in [0.3, 0.4) is 0 Å². The number of carbonyl (C=O) groups excluding carboxylic acids is 2. The van der Waals surface area contributed by atoms with Crippen LogP contribution in [0.5, 0.6) is 0 Å². The van der Waals surface area contributed by atoms with Gasteiger partial charge < -0.3 is 16.0 Å². The van der Waals surface area contributed by atoms with Crippen LogP contribution in [0.1, 0.15) is 47.2 Å². The van der Waals surface area contributed by atoms with Crippen LogP contribution in [0.2, 0.25) is 0 Å². The smallest absolute Gasteiger partial charge is 0.319 e. The zero-order chi connectivity index (χ0) is 21.5. The van der Waals surface area contributed by atoms with E-state index in [0.29, 0.717) is 24.3 Å². The monoisotopic (exact) mass is 417 g/mol. The summed E-state index contributed by atoms with van der Waals surface area (Å²) in [7, 11) is 0. The number of rotatable bonds is 7. The van der Waals surface area contributed by atoms with Crippen LogP contribution < -0.4 is 16.0 Å². The summed E-state index contributed by atoms with van der Waals surface area (Å²) in [5.41, 5.74) is 3.38.